The molecule has 0 aliphatic carbocycles. The lowest BCUT2D eigenvalue weighted by atomic mass is 10.3. The fourth-order valence-electron chi connectivity index (χ4n) is 0.915. The molecule has 15 heavy (non-hydrogen) atoms. The molecule has 1 N–H and O–H groups in total. The van der Waals surface area contributed by atoms with E-state index in [1.807, 2.05) is 0 Å². The van der Waals surface area contributed by atoms with E-state index in [-0.39, 0.29) is 12.4 Å². The van der Waals surface area contributed by atoms with Gasteiger partial charge in [0.1, 0.15) is 0 Å². The van der Waals surface area contributed by atoms with E-state index < -0.39 is 5.97 Å². The van der Waals surface area contributed by atoms with Gasteiger partial charge >= 0.3 is 5.97 Å². The van der Waals surface area contributed by atoms with E-state index in [1.165, 1.54) is 19.5 Å². The summed E-state index contributed by atoms with van der Waals surface area (Å²) in [6.07, 6.45) is 7.20. The predicted octanol–water partition coefficient (Wildman–Crippen LogP) is 0.659. The highest BCUT2D eigenvalue weighted by Crippen LogP contribution is 2.00. The van der Waals surface area contributed by atoms with Gasteiger partial charge in [0.05, 0.1) is 7.11 Å². The fourth-order valence-corrected chi connectivity index (χ4v) is 0.915. The monoisotopic (exact) mass is 208 g/mol. The molecule has 1 aromatic rings. The Morgan fingerprint density at radius 2 is 2.20 bits per heavy atom. The first-order valence-electron chi connectivity index (χ1n) is 4.45. The van der Waals surface area contributed by atoms with Crippen molar-refractivity contribution >= 4 is 12.0 Å². The van der Waals surface area contributed by atoms with Crippen molar-refractivity contribution in [3.63, 3.8) is 0 Å². The number of hydrogen-bond donors (Lipinski definition) is 1. The van der Waals surface area contributed by atoms with Gasteiger partial charge in [-0.2, -0.15) is 0 Å². The molecule has 0 saturated heterocycles. The molecule has 5 nitrogen and oxygen atoms in total. The second-order valence-corrected chi connectivity index (χ2v) is 2.75. The third-order valence-corrected chi connectivity index (χ3v) is 1.65. The Bertz CT molecular complexity index is 346. The first kappa shape index (κ1) is 11.3. The summed E-state index contributed by atoms with van der Waals surface area (Å²) in [6, 6.07) is 0. The van der Waals surface area contributed by atoms with Gasteiger partial charge in [0.15, 0.2) is 0 Å². The Morgan fingerprint density at radius 3 is 2.73 bits per heavy atom. The van der Waals surface area contributed by atoms with E-state index >= 15 is 0 Å². The standard InChI is InChI=1S/C10H12N2O3/c1-15-10(14)9-11-6-8(7-12-9)4-2-3-5-13/h2,4,6-7,13H,3,5H2,1H3. The smallest absolute Gasteiger partial charge is 0.376 e. The number of methoxy groups -OCH3 is 1. The van der Waals surface area contributed by atoms with Crippen LogP contribution < -0.4 is 0 Å². The molecule has 0 atom stereocenters. The molecule has 0 amide bonds. The van der Waals surface area contributed by atoms with Gasteiger partial charge in [-0.25, -0.2) is 14.8 Å². The van der Waals surface area contributed by atoms with Gasteiger partial charge in [-0.3, -0.25) is 0 Å². The van der Waals surface area contributed by atoms with Crippen LogP contribution in [0.2, 0.25) is 0 Å². The van der Waals surface area contributed by atoms with Crippen LogP contribution in [-0.4, -0.2) is 34.8 Å². The molecule has 1 heterocycles. The van der Waals surface area contributed by atoms with E-state index in [0.29, 0.717) is 6.42 Å². The van der Waals surface area contributed by atoms with Crippen molar-refractivity contribution in [1.82, 2.24) is 9.97 Å². The average Bonchev–Trinajstić information content (AvgIpc) is 2.29. The highest BCUT2D eigenvalue weighted by atomic mass is 16.5. The summed E-state index contributed by atoms with van der Waals surface area (Å²) in [5.74, 6) is -0.516. The van der Waals surface area contributed by atoms with Crippen molar-refractivity contribution in [1.29, 1.82) is 0 Å². The van der Waals surface area contributed by atoms with E-state index in [4.69, 9.17) is 5.11 Å². The Kier molecular flexibility index (Phi) is 4.43. The molecule has 0 unspecified atom stereocenters. The van der Waals surface area contributed by atoms with Gasteiger partial charge < -0.3 is 9.84 Å². The second-order valence-electron chi connectivity index (χ2n) is 2.75. The third-order valence-electron chi connectivity index (χ3n) is 1.65. The van der Waals surface area contributed by atoms with Crippen LogP contribution in [-0.2, 0) is 4.74 Å². The molecular weight excluding hydrogens is 196 g/mol. The van der Waals surface area contributed by atoms with Crippen molar-refractivity contribution in [3.8, 4) is 0 Å². The van der Waals surface area contributed by atoms with E-state index in [9.17, 15) is 4.79 Å². The molecule has 80 valence electrons. The minimum absolute atomic E-state index is 0.0387. The minimum Gasteiger partial charge on any atom is -0.463 e. The van der Waals surface area contributed by atoms with Crippen LogP contribution in [0.3, 0.4) is 0 Å². The minimum atomic E-state index is -0.555. The largest absolute Gasteiger partial charge is 0.463 e. The van der Waals surface area contributed by atoms with Crippen LogP contribution in [0.5, 0.6) is 0 Å². The Hall–Kier alpha value is -1.75. The van der Waals surface area contributed by atoms with Crippen LogP contribution in [0.15, 0.2) is 18.5 Å². The topological polar surface area (TPSA) is 72.3 Å². The molecule has 0 radical (unpaired) electrons. The number of carbonyl (C=O) groups is 1. The van der Waals surface area contributed by atoms with Gasteiger partial charge in [0.25, 0.3) is 0 Å². The van der Waals surface area contributed by atoms with E-state index in [0.717, 1.165) is 5.56 Å². The first-order valence-corrected chi connectivity index (χ1v) is 4.45. The number of rotatable bonds is 4. The summed E-state index contributed by atoms with van der Waals surface area (Å²) in [5.41, 5.74) is 0.774. The van der Waals surface area contributed by atoms with Crippen LogP contribution >= 0.6 is 0 Å². The number of ether oxygens (including phenoxy) is 1. The molecular formula is C10H12N2O3. The maximum Gasteiger partial charge on any atom is 0.376 e. The number of nitrogens with zero attached hydrogens (tertiary/aromatic N) is 2. The van der Waals surface area contributed by atoms with Crippen molar-refractivity contribution in [2.24, 2.45) is 0 Å². The Balaban J connectivity index is 2.68. The number of carbonyl (C=O) groups excluding carboxylic acids is 1. The zero-order chi connectivity index (χ0) is 11.1. The van der Waals surface area contributed by atoms with E-state index in [2.05, 4.69) is 14.7 Å². The first-order chi connectivity index (χ1) is 7.27. The predicted molar refractivity (Wildman–Crippen MR) is 54.1 cm³/mol. The zero-order valence-electron chi connectivity index (χ0n) is 8.38. The lowest BCUT2D eigenvalue weighted by Crippen LogP contribution is -2.06. The van der Waals surface area contributed by atoms with Crippen molar-refractivity contribution in [2.75, 3.05) is 13.7 Å². The van der Waals surface area contributed by atoms with Crippen molar-refractivity contribution in [2.45, 2.75) is 6.42 Å². The van der Waals surface area contributed by atoms with Crippen molar-refractivity contribution in [3.05, 3.63) is 29.9 Å². The molecule has 0 bridgehead atoms. The molecule has 5 heteroatoms. The molecule has 0 fully saturated rings. The summed E-state index contributed by atoms with van der Waals surface area (Å²) in [5, 5.41) is 8.55. The molecule has 1 aromatic heterocycles. The quantitative estimate of drug-likeness (QED) is 0.736. The molecule has 0 aliphatic heterocycles. The zero-order valence-corrected chi connectivity index (χ0v) is 8.38. The van der Waals surface area contributed by atoms with Crippen LogP contribution in [0.25, 0.3) is 6.08 Å². The number of aliphatic hydroxyl groups excluding tert-OH is 1. The van der Waals surface area contributed by atoms with Crippen LogP contribution in [0, 0.1) is 0 Å². The lowest BCUT2D eigenvalue weighted by molar-refractivity contribution is 0.0586. The molecule has 0 spiro atoms. The maximum absolute atomic E-state index is 11.0. The third kappa shape index (κ3) is 3.47. The highest BCUT2D eigenvalue weighted by Gasteiger charge is 2.06. The molecule has 0 saturated carbocycles. The summed E-state index contributed by atoms with van der Waals surface area (Å²) >= 11 is 0. The number of aliphatic hydroxyl groups is 1. The van der Waals surface area contributed by atoms with Crippen LogP contribution in [0.4, 0.5) is 0 Å². The SMILES string of the molecule is COC(=O)c1ncc(C=CCCO)cn1. The summed E-state index contributed by atoms with van der Waals surface area (Å²) in [6.45, 7) is 0.109. The van der Waals surface area contributed by atoms with Crippen molar-refractivity contribution < 1.29 is 14.6 Å². The summed E-state index contributed by atoms with van der Waals surface area (Å²) < 4.78 is 4.46. The number of hydrogen-bond acceptors (Lipinski definition) is 5. The van der Waals surface area contributed by atoms with Gasteiger partial charge in [-0.15, -0.1) is 0 Å². The van der Waals surface area contributed by atoms with Gasteiger partial charge in [-0.1, -0.05) is 12.2 Å². The van der Waals surface area contributed by atoms with Gasteiger partial charge in [-0.05, 0) is 6.42 Å². The molecule has 0 aliphatic rings. The Morgan fingerprint density at radius 1 is 1.53 bits per heavy atom. The normalized spacial score (nSPS) is 10.5. The van der Waals surface area contributed by atoms with Gasteiger partial charge in [0, 0.05) is 24.6 Å². The highest BCUT2D eigenvalue weighted by molar-refractivity contribution is 5.84. The average molecular weight is 208 g/mol. The van der Waals surface area contributed by atoms with E-state index in [1.54, 1.807) is 12.2 Å². The molecule has 1 rings (SSSR count). The second kappa shape index (κ2) is 5.87. The number of aromatic nitrogens is 2. The summed E-state index contributed by atoms with van der Waals surface area (Å²) in [4.78, 5) is 18.6. The maximum atomic E-state index is 11.0. The molecule has 0 aromatic carbocycles. The Labute approximate surface area is 87.4 Å². The summed E-state index contributed by atoms with van der Waals surface area (Å²) in [7, 11) is 1.28. The fraction of sp³-hybridized carbons (Fsp3) is 0.300. The van der Waals surface area contributed by atoms with Crippen LogP contribution in [0.1, 0.15) is 22.6 Å². The number of esters is 1. The lowest BCUT2D eigenvalue weighted by Gasteiger charge is -1.97. The van der Waals surface area contributed by atoms with Gasteiger partial charge in [0.2, 0.25) is 5.82 Å².